The first-order valence-corrected chi connectivity index (χ1v) is 18.4. The molecule has 8 rings (SSSR count). The van der Waals surface area contributed by atoms with E-state index in [9.17, 15) is 4.79 Å². The number of rotatable bonds is 2. The van der Waals surface area contributed by atoms with Gasteiger partial charge in [0.15, 0.2) is 0 Å². The third-order valence-electron chi connectivity index (χ3n) is 11.4. The van der Waals surface area contributed by atoms with Gasteiger partial charge in [-0.1, -0.05) is 37.5 Å². The molecular formula is C37H50F3N7O2. The van der Waals surface area contributed by atoms with Crippen molar-refractivity contribution in [1.82, 2.24) is 24.3 Å². The second-order valence-electron chi connectivity index (χ2n) is 14.4. The van der Waals surface area contributed by atoms with Gasteiger partial charge in [-0.3, -0.25) is 14.3 Å². The fourth-order valence-corrected chi connectivity index (χ4v) is 8.39. The van der Waals surface area contributed by atoms with Gasteiger partial charge in [-0.05, 0) is 71.1 Å². The molecule has 2 aromatic heterocycles. The molecule has 5 aliphatic heterocycles. The maximum Gasteiger partial charge on any atom is 0.278 e. The maximum atomic E-state index is 16.1. The van der Waals surface area contributed by atoms with Crippen LogP contribution in [-0.4, -0.2) is 89.4 Å². The molecule has 3 fully saturated rings. The van der Waals surface area contributed by atoms with Gasteiger partial charge in [0, 0.05) is 63.5 Å². The number of nitrogens with zero attached hydrogens (tertiary/aromatic N) is 6. The summed E-state index contributed by atoms with van der Waals surface area (Å²) >= 11 is 0. The normalized spacial score (nSPS) is 26.4. The molecule has 7 heterocycles. The molecule has 1 N–H and O–H groups in total. The maximum absolute atomic E-state index is 16.1. The molecule has 0 saturated carbocycles. The molecule has 1 aromatic carbocycles. The van der Waals surface area contributed by atoms with Gasteiger partial charge in [-0.15, -0.1) is 0 Å². The lowest BCUT2D eigenvalue weighted by molar-refractivity contribution is -0.0880. The minimum Gasteiger partial charge on any atom is -0.381 e. The number of hydrogen-bond acceptors (Lipinski definition) is 8. The summed E-state index contributed by atoms with van der Waals surface area (Å²) in [5.41, 5.74) is 0.694. The second-order valence-corrected chi connectivity index (χ2v) is 14.4. The molecule has 49 heavy (non-hydrogen) atoms. The van der Waals surface area contributed by atoms with Gasteiger partial charge in [-0.2, -0.15) is 0 Å². The lowest BCUT2D eigenvalue weighted by Crippen LogP contribution is -2.52. The molecule has 1 atom stereocenters. The topological polar surface area (TPSA) is 78.8 Å². The van der Waals surface area contributed by atoms with Gasteiger partial charge in [-0.25, -0.2) is 23.1 Å². The van der Waals surface area contributed by atoms with E-state index in [1.165, 1.54) is 18.5 Å². The van der Waals surface area contributed by atoms with Crippen molar-refractivity contribution in [2.45, 2.75) is 89.3 Å². The number of pyridine rings is 1. The van der Waals surface area contributed by atoms with E-state index < -0.39 is 29.3 Å². The highest BCUT2D eigenvalue weighted by atomic mass is 19.3. The highest BCUT2D eigenvalue weighted by molar-refractivity contribution is 5.89. The van der Waals surface area contributed by atoms with E-state index in [0.717, 1.165) is 90.9 Å². The summed E-state index contributed by atoms with van der Waals surface area (Å²) in [4.78, 5) is 30.3. The first-order valence-electron chi connectivity index (χ1n) is 18.4. The van der Waals surface area contributed by atoms with Crippen LogP contribution < -0.4 is 15.8 Å². The minimum atomic E-state index is -3.27. The third kappa shape index (κ3) is 7.19. The zero-order valence-electron chi connectivity index (χ0n) is 28.7. The molecular weight excluding hydrogens is 631 g/mol. The van der Waals surface area contributed by atoms with Gasteiger partial charge in [0.05, 0.1) is 17.0 Å². The molecule has 3 saturated heterocycles. The Labute approximate surface area is 286 Å². The van der Waals surface area contributed by atoms with Crippen LogP contribution >= 0.6 is 0 Å². The number of fused-ring (bicyclic) bond motifs is 9. The number of nitrogens with one attached hydrogen (secondary N) is 1. The Balaban J connectivity index is 1.23. The van der Waals surface area contributed by atoms with E-state index >= 15 is 13.2 Å². The monoisotopic (exact) mass is 681 g/mol. The Morgan fingerprint density at radius 1 is 0.878 bits per heavy atom. The molecule has 12 heteroatoms. The van der Waals surface area contributed by atoms with Crippen LogP contribution in [0.4, 0.5) is 24.7 Å². The minimum absolute atomic E-state index is 0.0623. The van der Waals surface area contributed by atoms with Crippen LogP contribution in [0.15, 0.2) is 35.4 Å². The van der Waals surface area contributed by atoms with E-state index in [1.54, 1.807) is 17.6 Å². The summed E-state index contributed by atoms with van der Waals surface area (Å²) in [5, 5.41) is 3.98. The SMILES string of the molecule is C[C@H]1Nc2ncnc3c2cc(N2CCN(C4CCOCC4)CC2)c(=O)n3CCCCCCCN2CCC(CC2)C(F)(F)c2cccc1c2F. The number of ether oxygens (including phenoxy) is 1. The summed E-state index contributed by atoms with van der Waals surface area (Å²) in [6, 6.07) is 6.04. The number of benzene rings is 1. The molecule has 0 amide bonds. The predicted molar refractivity (Wildman–Crippen MR) is 186 cm³/mol. The molecule has 3 aromatic rings. The average Bonchev–Trinajstić information content (AvgIpc) is 3.12. The third-order valence-corrected chi connectivity index (χ3v) is 11.4. The summed E-state index contributed by atoms with van der Waals surface area (Å²) in [5.74, 6) is -4.60. The van der Waals surface area contributed by atoms with Gasteiger partial charge in [0.1, 0.15) is 29.3 Å². The summed E-state index contributed by atoms with van der Waals surface area (Å²) in [6.45, 7) is 9.19. The van der Waals surface area contributed by atoms with Crippen LogP contribution in [0.3, 0.4) is 0 Å². The van der Waals surface area contributed by atoms with Crippen LogP contribution in [0.5, 0.6) is 0 Å². The molecule has 266 valence electrons. The number of alkyl halides is 2. The fourth-order valence-electron chi connectivity index (χ4n) is 8.39. The van der Waals surface area contributed by atoms with E-state index in [4.69, 9.17) is 4.74 Å². The lowest BCUT2D eigenvalue weighted by atomic mass is 9.85. The van der Waals surface area contributed by atoms with Crippen LogP contribution in [0.25, 0.3) is 11.0 Å². The van der Waals surface area contributed by atoms with Crippen molar-refractivity contribution in [3.63, 3.8) is 0 Å². The molecule has 0 spiro atoms. The Kier molecular flexibility index (Phi) is 10.4. The standard InChI is InChI=1S/C37H50F3N7O2/c1-26-29-8-7-9-31(33(29)38)37(39,40)27-10-16-44(17-11-27)14-5-3-2-4-6-15-47-35-30(34(43-26)41-25-42-35)24-32(36(47)48)46-20-18-45(19-21-46)28-12-22-49-23-13-28/h7-9,24-28H,2-6,10-23H2,1H3,(H,41,42,43)/t26-/m1/s1. The fraction of sp³-hybridized carbons (Fsp3) is 0.649. The summed E-state index contributed by atoms with van der Waals surface area (Å²) in [6.07, 6.45) is 9.12. The van der Waals surface area contributed by atoms with Crippen molar-refractivity contribution in [1.29, 1.82) is 0 Å². The number of anilines is 2. The van der Waals surface area contributed by atoms with Gasteiger partial charge >= 0.3 is 0 Å². The Hall–Kier alpha value is -3.22. The van der Waals surface area contributed by atoms with E-state index in [-0.39, 0.29) is 11.1 Å². The largest absolute Gasteiger partial charge is 0.381 e. The van der Waals surface area contributed by atoms with Gasteiger partial charge in [0.25, 0.3) is 11.5 Å². The highest BCUT2D eigenvalue weighted by Crippen LogP contribution is 2.44. The lowest BCUT2D eigenvalue weighted by Gasteiger charge is -2.41. The summed E-state index contributed by atoms with van der Waals surface area (Å²) < 4.78 is 55.4. The number of piperidine rings is 1. The van der Waals surface area contributed by atoms with Crippen molar-refractivity contribution < 1.29 is 17.9 Å². The zero-order chi connectivity index (χ0) is 34.0. The smallest absolute Gasteiger partial charge is 0.278 e. The van der Waals surface area contributed by atoms with Crippen LogP contribution in [-0.2, 0) is 17.2 Å². The van der Waals surface area contributed by atoms with E-state index in [1.807, 2.05) is 6.07 Å². The van der Waals surface area contributed by atoms with Crippen molar-refractivity contribution in [2.75, 3.05) is 69.2 Å². The molecule has 0 aliphatic carbocycles. The Morgan fingerprint density at radius 3 is 2.35 bits per heavy atom. The molecule has 9 nitrogen and oxygen atoms in total. The molecule has 0 radical (unpaired) electrons. The number of aromatic nitrogens is 3. The van der Waals surface area contributed by atoms with E-state index in [0.29, 0.717) is 61.1 Å². The van der Waals surface area contributed by atoms with Crippen LogP contribution in [0.1, 0.15) is 81.9 Å². The summed E-state index contributed by atoms with van der Waals surface area (Å²) in [7, 11) is 0. The van der Waals surface area contributed by atoms with Crippen molar-refractivity contribution in [2.24, 2.45) is 5.92 Å². The first-order chi connectivity index (χ1) is 23.8. The van der Waals surface area contributed by atoms with Crippen molar-refractivity contribution in [3.05, 3.63) is 57.9 Å². The van der Waals surface area contributed by atoms with E-state index in [2.05, 4.69) is 30.0 Å². The predicted octanol–water partition coefficient (Wildman–Crippen LogP) is 6.17. The number of piperazine rings is 1. The Bertz CT molecular complexity index is 1650. The van der Waals surface area contributed by atoms with Gasteiger partial charge < -0.3 is 19.9 Å². The van der Waals surface area contributed by atoms with Crippen molar-refractivity contribution >= 4 is 22.5 Å². The number of hydrogen-bond donors (Lipinski definition) is 1. The van der Waals surface area contributed by atoms with Crippen LogP contribution in [0, 0.1) is 11.7 Å². The average molecular weight is 682 g/mol. The number of halogens is 3. The second kappa shape index (κ2) is 14.9. The van der Waals surface area contributed by atoms with Gasteiger partial charge in [0.2, 0.25) is 0 Å². The molecule has 5 aliphatic rings. The molecule has 0 unspecified atom stereocenters. The van der Waals surface area contributed by atoms with Crippen LogP contribution in [0.2, 0.25) is 0 Å². The molecule has 8 bridgehead atoms. The quantitative estimate of drug-likeness (QED) is 0.344. The highest BCUT2D eigenvalue weighted by Gasteiger charge is 2.45. The zero-order valence-corrected chi connectivity index (χ0v) is 28.7. The van der Waals surface area contributed by atoms with Crippen molar-refractivity contribution in [3.8, 4) is 0 Å². The number of aryl methyl sites for hydroxylation is 1. The first kappa shape index (κ1) is 34.2. The Morgan fingerprint density at radius 2 is 1.59 bits per heavy atom.